The Labute approximate surface area is 118 Å². The van der Waals surface area contributed by atoms with E-state index in [4.69, 9.17) is 4.74 Å². The van der Waals surface area contributed by atoms with Gasteiger partial charge in [-0.1, -0.05) is 24.3 Å². The Morgan fingerprint density at radius 1 is 1.20 bits per heavy atom. The van der Waals surface area contributed by atoms with Crippen molar-refractivity contribution in [1.29, 1.82) is 0 Å². The van der Waals surface area contributed by atoms with Crippen LogP contribution in [0, 0.1) is 0 Å². The van der Waals surface area contributed by atoms with E-state index in [-0.39, 0.29) is 5.75 Å². The van der Waals surface area contributed by atoms with Crippen LogP contribution in [0.4, 0.5) is 5.69 Å². The minimum absolute atomic E-state index is 0.126. The lowest BCUT2D eigenvalue weighted by Gasteiger charge is -2.14. The smallest absolute Gasteiger partial charge is 0.160 e. The van der Waals surface area contributed by atoms with E-state index in [9.17, 15) is 10.2 Å². The Morgan fingerprint density at radius 3 is 2.65 bits per heavy atom. The van der Waals surface area contributed by atoms with Gasteiger partial charge >= 0.3 is 0 Å². The predicted octanol–water partition coefficient (Wildman–Crippen LogP) is 3.07. The first-order valence-corrected chi connectivity index (χ1v) is 6.48. The second-order valence-corrected chi connectivity index (χ2v) is 4.62. The summed E-state index contributed by atoms with van der Waals surface area (Å²) in [5.74, 6) is 0.578. The van der Waals surface area contributed by atoms with Gasteiger partial charge in [0.15, 0.2) is 11.5 Å². The van der Waals surface area contributed by atoms with E-state index in [2.05, 4.69) is 5.32 Å². The standard InChI is InChI=1S/C16H19NO3/c1-11(18)13-5-3-4-6-14(13)17-10-12-7-8-15(19)16(9-12)20-2/h3-9,11,17-19H,10H2,1-2H3. The van der Waals surface area contributed by atoms with E-state index in [1.807, 2.05) is 30.3 Å². The molecule has 1 atom stereocenters. The molecule has 0 aliphatic carbocycles. The molecule has 0 bridgehead atoms. The number of anilines is 1. The van der Waals surface area contributed by atoms with E-state index in [0.717, 1.165) is 16.8 Å². The fraction of sp³-hybridized carbons (Fsp3) is 0.250. The average molecular weight is 273 g/mol. The normalized spacial score (nSPS) is 11.9. The summed E-state index contributed by atoms with van der Waals surface area (Å²) in [6.45, 7) is 2.32. The van der Waals surface area contributed by atoms with Gasteiger partial charge in [0, 0.05) is 17.8 Å². The molecular weight excluding hydrogens is 254 g/mol. The first kappa shape index (κ1) is 14.2. The number of nitrogens with one attached hydrogen (secondary N) is 1. The highest BCUT2D eigenvalue weighted by Crippen LogP contribution is 2.27. The lowest BCUT2D eigenvalue weighted by atomic mass is 10.1. The van der Waals surface area contributed by atoms with Crippen molar-refractivity contribution >= 4 is 5.69 Å². The first-order chi connectivity index (χ1) is 9.61. The van der Waals surface area contributed by atoms with Crippen LogP contribution in [0.3, 0.4) is 0 Å². The number of hydrogen-bond donors (Lipinski definition) is 3. The number of ether oxygens (including phenoxy) is 1. The number of benzene rings is 2. The van der Waals surface area contributed by atoms with E-state index in [0.29, 0.717) is 12.3 Å². The summed E-state index contributed by atoms with van der Waals surface area (Å²) in [6, 6.07) is 12.9. The SMILES string of the molecule is COc1cc(CNc2ccccc2C(C)O)ccc1O. The van der Waals surface area contributed by atoms with E-state index in [1.54, 1.807) is 19.1 Å². The number of methoxy groups -OCH3 is 1. The molecule has 4 nitrogen and oxygen atoms in total. The van der Waals surface area contributed by atoms with Gasteiger partial charge in [-0.05, 0) is 30.7 Å². The highest BCUT2D eigenvalue weighted by atomic mass is 16.5. The lowest BCUT2D eigenvalue weighted by Crippen LogP contribution is -2.04. The van der Waals surface area contributed by atoms with Gasteiger partial charge in [0.1, 0.15) is 0 Å². The van der Waals surface area contributed by atoms with Crippen molar-refractivity contribution in [2.75, 3.05) is 12.4 Å². The Kier molecular flexibility index (Phi) is 4.48. The highest BCUT2D eigenvalue weighted by Gasteiger charge is 2.07. The van der Waals surface area contributed by atoms with Crippen molar-refractivity contribution < 1.29 is 14.9 Å². The van der Waals surface area contributed by atoms with Gasteiger partial charge in [-0.2, -0.15) is 0 Å². The fourth-order valence-electron chi connectivity index (χ4n) is 2.05. The maximum Gasteiger partial charge on any atom is 0.160 e. The molecule has 20 heavy (non-hydrogen) atoms. The van der Waals surface area contributed by atoms with Crippen molar-refractivity contribution in [3.63, 3.8) is 0 Å². The van der Waals surface area contributed by atoms with Crippen LogP contribution in [0.5, 0.6) is 11.5 Å². The van der Waals surface area contributed by atoms with E-state index < -0.39 is 6.10 Å². The van der Waals surface area contributed by atoms with Crippen LogP contribution in [0.15, 0.2) is 42.5 Å². The minimum Gasteiger partial charge on any atom is -0.504 e. The number of phenolic OH excluding ortho intramolecular Hbond substituents is 1. The second-order valence-electron chi connectivity index (χ2n) is 4.62. The van der Waals surface area contributed by atoms with Gasteiger partial charge in [-0.15, -0.1) is 0 Å². The van der Waals surface area contributed by atoms with Gasteiger partial charge in [0.25, 0.3) is 0 Å². The Hall–Kier alpha value is -2.20. The van der Waals surface area contributed by atoms with Crippen LogP contribution in [0.1, 0.15) is 24.2 Å². The zero-order chi connectivity index (χ0) is 14.5. The van der Waals surface area contributed by atoms with Crippen LogP contribution in [0.25, 0.3) is 0 Å². The van der Waals surface area contributed by atoms with Crippen molar-refractivity contribution in [3.05, 3.63) is 53.6 Å². The molecule has 0 saturated carbocycles. The predicted molar refractivity (Wildman–Crippen MR) is 79.1 cm³/mol. The molecule has 3 N–H and O–H groups in total. The molecule has 2 aromatic carbocycles. The van der Waals surface area contributed by atoms with Crippen LogP contribution in [0.2, 0.25) is 0 Å². The second kappa shape index (κ2) is 6.30. The average Bonchev–Trinajstić information content (AvgIpc) is 2.46. The molecule has 106 valence electrons. The zero-order valence-corrected chi connectivity index (χ0v) is 11.6. The van der Waals surface area contributed by atoms with Crippen LogP contribution in [-0.4, -0.2) is 17.3 Å². The monoisotopic (exact) mass is 273 g/mol. The molecule has 0 radical (unpaired) electrons. The topological polar surface area (TPSA) is 61.7 Å². The molecule has 0 aliphatic rings. The van der Waals surface area contributed by atoms with Crippen molar-refractivity contribution in [3.8, 4) is 11.5 Å². The Balaban J connectivity index is 2.13. The number of phenols is 1. The van der Waals surface area contributed by atoms with Crippen LogP contribution < -0.4 is 10.1 Å². The zero-order valence-electron chi connectivity index (χ0n) is 11.6. The lowest BCUT2D eigenvalue weighted by molar-refractivity contribution is 0.200. The van der Waals surface area contributed by atoms with Gasteiger partial charge in [0.05, 0.1) is 13.2 Å². The molecule has 2 rings (SSSR count). The quantitative estimate of drug-likeness (QED) is 0.783. The van der Waals surface area contributed by atoms with Gasteiger partial charge in [-0.3, -0.25) is 0 Å². The molecule has 0 spiro atoms. The number of aromatic hydroxyl groups is 1. The van der Waals surface area contributed by atoms with Crippen LogP contribution in [-0.2, 0) is 6.54 Å². The summed E-state index contributed by atoms with van der Waals surface area (Å²) in [7, 11) is 1.52. The van der Waals surface area contributed by atoms with Crippen molar-refractivity contribution in [1.82, 2.24) is 0 Å². The molecule has 0 saturated heterocycles. The third kappa shape index (κ3) is 3.22. The number of para-hydroxylation sites is 1. The van der Waals surface area contributed by atoms with Gasteiger partial charge in [0.2, 0.25) is 0 Å². The summed E-state index contributed by atoms with van der Waals surface area (Å²) >= 11 is 0. The maximum atomic E-state index is 9.73. The number of aliphatic hydroxyl groups excluding tert-OH is 1. The number of rotatable bonds is 5. The number of hydrogen-bond acceptors (Lipinski definition) is 4. The van der Waals surface area contributed by atoms with E-state index >= 15 is 0 Å². The molecule has 1 unspecified atom stereocenters. The van der Waals surface area contributed by atoms with Crippen LogP contribution >= 0.6 is 0 Å². The van der Waals surface area contributed by atoms with Gasteiger partial charge < -0.3 is 20.3 Å². The molecule has 0 amide bonds. The number of aliphatic hydroxyl groups is 1. The minimum atomic E-state index is -0.520. The molecule has 2 aromatic rings. The summed E-state index contributed by atoms with van der Waals surface area (Å²) in [6.07, 6.45) is -0.520. The third-order valence-electron chi connectivity index (χ3n) is 3.14. The molecule has 0 heterocycles. The maximum absolute atomic E-state index is 9.73. The van der Waals surface area contributed by atoms with Crippen molar-refractivity contribution in [2.24, 2.45) is 0 Å². The Bertz CT molecular complexity index is 582. The highest BCUT2D eigenvalue weighted by molar-refractivity contribution is 5.53. The van der Waals surface area contributed by atoms with Gasteiger partial charge in [-0.25, -0.2) is 0 Å². The molecule has 0 fully saturated rings. The van der Waals surface area contributed by atoms with E-state index in [1.165, 1.54) is 7.11 Å². The molecular formula is C16H19NO3. The molecule has 0 aromatic heterocycles. The third-order valence-corrected chi connectivity index (χ3v) is 3.14. The largest absolute Gasteiger partial charge is 0.504 e. The first-order valence-electron chi connectivity index (χ1n) is 6.48. The molecule has 0 aliphatic heterocycles. The summed E-state index contributed by atoms with van der Waals surface area (Å²) in [5, 5.41) is 22.6. The summed E-state index contributed by atoms with van der Waals surface area (Å²) in [5.41, 5.74) is 2.74. The fourth-order valence-corrected chi connectivity index (χ4v) is 2.05. The van der Waals surface area contributed by atoms with Crippen molar-refractivity contribution in [2.45, 2.75) is 19.6 Å². The summed E-state index contributed by atoms with van der Waals surface area (Å²) in [4.78, 5) is 0. The Morgan fingerprint density at radius 2 is 1.95 bits per heavy atom. The summed E-state index contributed by atoms with van der Waals surface area (Å²) < 4.78 is 5.08. The molecule has 4 heteroatoms.